The van der Waals surface area contributed by atoms with Crippen LogP contribution in [0.1, 0.15) is 69.1 Å². The van der Waals surface area contributed by atoms with Gasteiger partial charge in [0.05, 0.1) is 4.90 Å². The molecule has 0 radical (unpaired) electrons. The van der Waals surface area contributed by atoms with E-state index in [1.165, 1.54) is 30.2 Å². The normalized spacial score (nSPS) is 19.4. The highest BCUT2D eigenvalue weighted by Crippen LogP contribution is 2.41. The third-order valence-electron chi connectivity index (χ3n) is 8.00. The Bertz CT molecular complexity index is 903. The number of sulfonamides is 1. The molecule has 2 fully saturated rings. The predicted molar refractivity (Wildman–Crippen MR) is 134 cm³/mol. The Labute approximate surface area is 201 Å². The quantitative estimate of drug-likeness (QED) is 0.568. The fourth-order valence-corrected chi connectivity index (χ4v) is 7.22. The lowest BCUT2D eigenvalue weighted by Crippen LogP contribution is -2.48. The van der Waals surface area contributed by atoms with E-state index in [1.54, 1.807) is 7.05 Å². The highest BCUT2D eigenvalue weighted by Gasteiger charge is 2.38. The second kappa shape index (κ2) is 10.9. The molecule has 1 amide bonds. The molecule has 6 nitrogen and oxygen atoms in total. The molecule has 1 aromatic rings. The molecule has 2 saturated heterocycles. The summed E-state index contributed by atoms with van der Waals surface area (Å²) >= 11 is 0. The predicted octanol–water partition coefficient (Wildman–Crippen LogP) is 3.99. The SMILES string of the molecule is CCc1cc(C)c(S(=O)(=O)N(C)CCCC(=O)N2CCC3(CCN(CC)CC3)CC2)c(C)c1. The van der Waals surface area contributed by atoms with Crippen LogP contribution >= 0.6 is 0 Å². The van der Waals surface area contributed by atoms with E-state index in [1.807, 2.05) is 30.9 Å². The number of likely N-dealkylation sites (tertiary alicyclic amines) is 2. The summed E-state index contributed by atoms with van der Waals surface area (Å²) in [6.45, 7) is 13.6. The van der Waals surface area contributed by atoms with Gasteiger partial charge in [0.2, 0.25) is 15.9 Å². The van der Waals surface area contributed by atoms with Crippen molar-refractivity contribution < 1.29 is 13.2 Å². The summed E-state index contributed by atoms with van der Waals surface area (Å²) in [5.74, 6) is 0.168. The minimum atomic E-state index is -3.57. The minimum absolute atomic E-state index is 0.168. The third-order valence-corrected chi connectivity index (χ3v) is 10.2. The van der Waals surface area contributed by atoms with Gasteiger partial charge in [0.25, 0.3) is 0 Å². The molecule has 0 N–H and O–H groups in total. The average Bonchev–Trinajstić information content (AvgIpc) is 2.79. The first-order valence-corrected chi connectivity index (χ1v) is 14.1. The first-order valence-electron chi connectivity index (χ1n) is 12.7. The number of aryl methyl sites for hydroxylation is 3. The number of amides is 1. The van der Waals surface area contributed by atoms with E-state index in [9.17, 15) is 13.2 Å². The summed E-state index contributed by atoms with van der Waals surface area (Å²) in [5.41, 5.74) is 3.17. The lowest BCUT2D eigenvalue weighted by molar-refractivity contribution is -0.134. The van der Waals surface area contributed by atoms with E-state index in [0.717, 1.165) is 55.6 Å². The lowest BCUT2D eigenvalue weighted by atomic mass is 9.71. The van der Waals surface area contributed by atoms with E-state index in [0.29, 0.717) is 29.7 Å². The number of hydrogen-bond acceptors (Lipinski definition) is 4. The van der Waals surface area contributed by atoms with Crippen LogP contribution in [-0.4, -0.2) is 74.7 Å². The Morgan fingerprint density at radius 1 is 1.00 bits per heavy atom. The van der Waals surface area contributed by atoms with Crippen LogP contribution in [0.15, 0.2) is 17.0 Å². The van der Waals surface area contributed by atoms with Crippen LogP contribution in [-0.2, 0) is 21.2 Å². The first kappa shape index (κ1) is 26.2. The maximum absolute atomic E-state index is 13.2. The Hall–Kier alpha value is -1.44. The zero-order valence-electron chi connectivity index (χ0n) is 21.3. The molecule has 0 bridgehead atoms. The van der Waals surface area contributed by atoms with Crippen molar-refractivity contribution in [1.82, 2.24) is 14.1 Å². The van der Waals surface area contributed by atoms with Gasteiger partial charge in [-0.05, 0) is 94.1 Å². The molecular weight excluding hydrogens is 434 g/mol. The monoisotopic (exact) mass is 477 g/mol. The summed E-state index contributed by atoms with van der Waals surface area (Å²) in [6.07, 6.45) is 6.56. The molecule has 3 rings (SSSR count). The topological polar surface area (TPSA) is 60.9 Å². The largest absolute Gasteiger partial charge is 0.343 e. The summed E-state index contributed by atoms with van der Waals surface area (Å²) in [7, 11) is -1.94. The van der Waals surface area contributed by atoms with Gasteiger partial charge in [0, 0.05) is 33.1 Å². The van der Waals surface area contributed by atoms with Crippen molar-refractivity contribution in [2.75, 3.05) is 46.3 Å². The number of nitrogens with zero attached hydrogens (tertiary/aromatic N) is 3. The second-order valence-corrected chi connectivity index (χ2v) is 12.1. The van der Waals surface area contributed by atoms with Crippen LogP contribution in [0, 0.1) is 19.3 Å². The summed E-state index contributed by atoms with van der Waals surface area (Å²) in [6, 6.07) is 3.93. The van der Waals surface area contributed by atoms with Gasteiger partial charge >= 0.3 is 0 Å². The Morgan fingerprint density at radius 2 is 1.55 bits per heavy atom. The molecule has 2 aliphatic heterocycles. The Balaban J connectivity index is 1.49. The molecule has 1 aromatic carbocycles. The fourth-order valence-electron chi connectivity index (χ4n) is 5.61. The number of carbonyl (C=O) groups is 1. The van der Waals surface area contributed by atoms with Crippen LogP contribution in [0.4, 0.5) is 0 Å². The fraction of sp³-hybridized carbons (Fsp3) is 0.731. The van der Waals surface area contributed by atoms with E-state index in [-0.39, 0.29) is 5.91 Å². The van der Waals surface area contributed by atoms with Crippen LogP contribution < -0.4 is 0 Å². The highest BCUT2D eigenvalue weighted by molar-refractivity contribution is 7.89. The first-order chi connectivity index (χ1) is 15.6. The maximum atomic E-state index is 13.2. The van der Waals surface area contributed by atoms with E-state index in [4.69, 9.17) is 0 Å². The molecule has 0 saturated carbocycles. The number of piperidine rings is 2. The third kappa shape index (κ3) is 5.98. The van der Waals surface area contributed by atoms with Crippen molar-refractivity contribution in [3.8, 4) is 0 Å². The minimum Gasteiger partial charge on any atom is -0.343 e. The van der Waals surface area contributed by atoms with Crippen molar-refractivity contribution >= 4 is 15.9 Å². The van der Waals surface area contributed by atoms with Gasteiger partial charge in [-0.2, -0.15) is 0 Å². The zero-order chi connectivity index (χ0) is 24.2. The molecule has 0 unspecified atom stereocenters. The van der Waals surface area contributed by atoms with Gasteiger partial charge in [0.15, 0.2) is 0 Å². The van der Waals surface area contributed by atoms with Gasteiger partial charge < -0.3 is 9.80 Å². The summed E-state index contributed by atoms with van der Waals surface area (Å²) in [4.78, 5) is 17.7. The van der Waals surface area contributed by atoms with Gasteiger partial charge in [-0.15, -0.1) is 0 Å². The molecule has 33 heavy (non-hydrogen) atoms. The molecule has 2 heterocycles. The number of rotatable bonds is 8. The van der Waals surface area contributed by atoms with Crippen LogP contribution in [0.5, 0.6) is 0 Å². The Kier molecular flexibility index (Phi) is 8.62. The highest BCUT2D eigenvalue weighted by atomic mass is 32.2. The van der Waals surface area contributed by atoms with Crippen LogP contribution in [0.3, 0.4) is 0 Å². The van der Waals surface area contributed by atoms with E-state index >= 15 is 0 Å². The number of hydrogen-bond donors (Lipinski definition) is 0. The number of carbonyl (C=O) groups excluding carboxylic acids is 1. The van der Waals surface area contributed by atoms with Crippen LogP contribution in [0.25, 0.3) is 0 Å². The molecule has 0 atom stereocenters. The molecule has 2 aliphatic rings. The molecule has 186 valence electrons. The molecule has 1 spiro atoms. The molecule has 7 heteroatoms. The standard InChI is InChI=1S/C26H43N3O3S/c1-6-23-19-21(3)25(22(4)20-23)33(31,32)27(5)14-8-9-24(30)29-17-12-26(13-18-29)10-15-28(7-2)16-11-26/h19-20H,6-18H2,1-5H3. The van der Waals surface area contributed by atoms with E-state index in [2.05, 4.69) is 18.7 Å². The number of benzene rings is 1. The summed E-state index contributed by atoms with van der Waals surface area (Å²) < 4.78 is 27.8. The van der Waals surface area contributed by atoms with Gasteiger partial charge in [-0.3, -0.25) is 4.79 Å². The van der Waals surface area contributed by atoms with Crippen LogP contribution in [0.2, 0.25) is 0 Å². The van der Waals surface area contributed by atoms with E-state index < -0.39 is 10.0 Å². The van der Waals surface area contributed by atoms with Crippen molar-refractivity contribution in [1.29, 1.82) is 0 Å². The van der Waals surface area contributed by atoms with Crippen molar-refractivity contribution in [2.24, 2.45) is 5.41 Å². The summed E-state index contributed by atoms with van der Waals surface area (Å²) in [5, 5.41) is 0. The van der Waals surface area contributed by atoms with Gasteiger partial charge in [0.1, 0.15) is 0 Å². The maximum Gasteiger partial charge on any atom is 0.243 e. The second-order valence-electron chi connectivity index (χ2n) is 10.2. The smallest absolute Gasteiger partial charge is 0.243 e. The van der Waals surface area contributed by atoms with Crippen molar-refractivity contribution in [3.63, 3.8) is 0 Å². The van der Waals surface area contributed by atoms with Gasteiger partial charge in [-0.25, -0.2) is 12.7 Å². The van der Waals surface area contributed by atoms with Crippen molar-refractivity contribution in [3.05, 3.63) is 28.8 Å². The van der Waals surface area contributed by atoms with Crippen molar-refractivity contribution in [2.45, 2.75) is 77.5 Å². The van der Waals surface area contributed by atoms with Gasteiger partial charge in [-0.1, -0.05) is 26.0 Å². The average molecular weight is 478 g/mol. The zero-order valence-corrected chi connectivity index (χ0v) is 22.1. The Morgan fingerprint density at radius 3 is 2.06 bits per heavy atom. The molecular formula is C26H43N3O3S. The lowest BCUT2D eigenvalue weighted by Gasteiger charge is -2.46. The molecule has 0 aliphatic carbocycles. The molecule has 0 aromatic heterocycles.